The molecule has 0 spiro atoms. The molecule has 1 saturated heterocycles. The molecule has 0 N–H and O–H groups in total. The van der Waals surface area contributed by atoms with Gasteiger partial charge >= 0.3 is 0 Å². The van der Waals surface area contributed by atoms with Crippen molar-refractivity contribution in [3.8, 4) is 0 Å². The zero-order valence-corrected chi connectivity index (χ0v) is 9.46. The predicted molar refractivity (Wildman–Crippen MR) is 54.6 cm³/mol. The molecule has 1 aliphatic heterocycles. The van der Waals surface area contributed by atoms with Crippen molar-refractivity contribution >= 4 is 11.8 Å². The van der Waals surface area contributed by atoms with E-state index in [-0.39, 0.29) is 11.8 Å². The molecule has 0 aromatic carbocycles. The molecule has 0 bridgehead atoms. The normalized spacial score (nSPS) is 17.2. The van der Waals surface area contributed by atoms with Crippen molar-refractivity contribution in [2.24, 2.45) is 11.3 Å². The zero-order chi connectivity index (χ0) is 10.9. The standard InChI is InChI=1S/C11H19NO2/c1-8(2)7-11(3,4)10(14)12-6-5-9(12)13/h8H,5-7H2,1-4H3. The third-order valence-electron chi connectivity index (χ3n) is 2.59. The summed E-state index contributed by atoms with van der Waals surface area (Å²) in [6.07, 6.45) is 1.36. The minimum Gasteiger partial charge on any atom is -0.282 e. The summed E-state index contributed by atoms with van der Waals surface area (Å²) in [4.78, 5) is 24.4. The first-order valence-electron chi connectivity index (χ1n) is 5.19. The molecule has 0 aromatic rings. The van der Waals surface area contributed by atoms with E-state index >= 15 is 0 Å². The van der Waals surface area contributed by atoms with Crippen LogP contribution in [0, 0.1) is 11.3 Å². The largest absolute Gasteiger partial charge is 0.282 e. The zero-order valence-electron chi connectivity index (χ0n) is 9.46. The van der Waals surface area contributed by atoms with Crippen molar-refractivity contribution in [3.63, 3.8) is 0 Å². The van der Waals surface area contributed by atoms with E-state index in [4.69, 9.17) is 0 Å². The number of hydrogen-bond donors (Lipinski definition) is 0. The van der Waals surface area contributed by atoms with Crippen molar-refractivity contribution in [2.75, 3.05) is 6.54 Å². The first-order chi connectivity index (χ1) is 6.34. The molecule has 3 heteroatoms. The average molecular weight is 197 g/mol. The molecule has 1 fully saturated rings. The third-order valence-corrected chi connectivity index (χ3v) is 2.59. The molecule has 0 aromatic heterocycles. The van der Waals surface area contributed by atoms with Crippen molar-refractivity contribution in [3.05, 3.63) is 0 Å². The molecule has 80 valence electrons. The Kier molecular flexibility index (Phi) is 2.98. The highest BCUT2D eigenvalue weighted by Gasteiger charge is 2.39. The van der Waals surface area contributed by atoms with Crippen molar-refractivity contribution < 1.29 is 9.59 Å². The van der Waals surface area contributed by atoms with Gasteiger partial charge in [-0.05, 0) is 12.3 Å². The number of β-lactam (4-membered cyclic amide) rings is 1. The molecule has 1 heterocycles. The molecule has 1 rings (SSSR count). The molecular formula is C11H19NO2. The van der Waals surface area contributed by atoms with Crippen molar-refractivity contribution in [2.45, 2.75) is 40.5 Å². The van der Waals surface area contributed by atoms with Crippen LogP contribution in [0.2, 0.25) is 0 Å². The minimum absolute atomic E-state index is 0.0116. The van der Waals surface area contributed by atoms with Crippen LogP contribution in [0.15, 0.2) is 0 Å². The highest BCUT2D eigenvalue weighted by atomic mass is 16.2. The maximum atomic E-state index is 11.9. The summed E-state index contributed by atoms with van der Waals surface area (Å²) >= 11 is 0. The third kappa shape index (κ3) is 2.14. The Bertz CT molecular complexity index is 256. The monoisotopic (exact) mass is 197 g/mol. The van der Waals surface area contributed by atoms with Gasteiger partial charge in [-0.1, -0.05) is 27.7 Å². The first kappa shape index (κ1) is 11.2. The molecule has 0 atom stereocenters. The minimum atomic E-state index is -0.399. The van der Waals surface area contributed by atoms with E-state index in [0.717, 1.165) is 6.42 Å². The quantitative estimate of drug-likeness (QED) is 0.647. The first-order valence-corrected chi connectivity index (χ1v) is 5.19. The van der Waals surface area contributed by atoms with Crippen LogP contribution in [0.3, 0.4) is 0 Å². The second kappa shape index (κ2) is 3.71. The number of carbonyl (C=O) groups is 2. The van der Waals surface area contributed by atoms with Gasteiger partial charge in [-0.3, -0.25) is 14.5 Å². The van der Waals surface area contributed by atoms with E-state index in [0.29, 0.717) is 18.9 Å². The van der Waals surface area contributed by atoms with Gasteiger partial charge in [0.1, 0.15) is 0 Å². The van der Waals surface area contributed by atoms with E-state index in [1.54, 1.807) is 0 Å². The second-order valence-corrected chi connectivity index (χ2v) is 5.08. The summed E-state index contributed by atoms with van der Waals surface area (Å²) in [5.41, 5.74) is -0.399. The van der Waals surface area contributed by atoms with Crippen LogP contribution < -0.4 is 0 Å². The Balaban J connectivity index is 2.62. The van der Waals surface area contributed by atoms with Gasteiger partial charge in [0.2, 0.25) is 11.8 Å². The summed E-state index contributed by atoms with van der Waals surface area (Å²) in [6, 6.07) is 0. The fourth-order valence-electron chi connectivity index (χ4n) is 2.00. The predicted octanol–water partition coefficient (Wildman–Crippen LogP) is 1.82. The van der Waals surface area contributed by atoms with E-state index < -0.39 is 5.41 Å². The van der Waals surface area contributed by atoms with Crippen LogP contribution in [0.25, 0.3) is 0 Å². The molecule has 0 unspecified atom stereocenters. The van der Waals surface area contributed by atoms with Gasteiger partial charge in [0.05, 0.1) is 0 Å². The molecule has 0 saturated carbocycles. The number of hydrogen-bond acceptors (Lipinski definition) is 2. The van der Waals surface area contributed by atoms with Gasteiger partial charge in [-0.25, -0.2) is 0 Å². The van der Waals surface area contributed by atoms with Gasteiger partial charge in [-0.15, -0.1) is 0 Å². The van der Waals surface area contributed by atoms with Crippen LogP contribution in [0.4, 0.5) is 0 Å². The van der Waals surface area contributed by atoms with E-state index in [2.05, 4.69) is 13.8 Å². The number of imide groups is 1. The molecule has 14 heavy (non-hydrogen) atoms. The maximum absolute atomic E-state index is 11.9. The lowest BCUT2D eigenvalue weighted by Crippen LogP contribution is -2.52. The molecule has 2 amide bonds. The average Bonchev–Trinajstić information content (AvgIpc) is 1.99. The smallest absolute Gasteiger partial charge is 0.234 e. The van der Waals surface area contributed by atoms with E-state index in [1.165, 1.54) is 4.90 Å². The topological polar surface area (TPSA) is 37.4 Å². The van der Waals surface area contributed by atoms with E-state index in [1.807, 2.05) is 13.8 Å². The highest BCUT2D eigenvalue weighted by molar-refractivity contribution is 6.01. The van der Waals surface area contributed by atoms with Gasteiger partial charge in [0, 0.05) is 18.4 Å². The lowest BCUT2D eigenvalue weighted by atomic mass is 9.82. The number of nitrogens with zero attached hydrogens (tertiary/aromatic N) is 1. The molecule has 0 aliphatic carbocycles. The summed E-state index contributed by atoms with van der Waals surface area (Å²) in [7, 11) is 0. The fourth-order valence-corrected chi connectivity index (χ4v) is 2.00. The van der Waals surface area contributed by atoms with Gasteiger partial charge in [0.25, 0.3) is 0 Å². The van der Waals surface area contributed by atoms with Gasteiger partial charge < -0.3 is 0 Å². The molecular weight excluding hydrogens is 178 g/mol. The second-order valence-electron chi connectivity index (χ2n) is 5.08. The summed E-state index contributed by atoms with van der Waals surface area (Å²) in [5.74, 6) is 0.444. The van der Waals surface area contributed by atoms with Crippen LogP contribution >= 0.6 is 0 Å². The van der Waals surface area contributed by atoms with Crippen LogP contribution in [0.1, 0.15) is 40.5 Å². The molecule has 0 radical (unpaired) electrons. The number of amides is 2. The lowest BCUT2D eigenvalue weighted by Gasteiger charge is -2.36. The number of rotatable bonds is 3. The number of carbonyl (C=O) groups excluding carboxylic acids is 2. The van der Waals surface area contributed by atoms with Crippen molar-refractivity contribution in [1.29, 1.82) is 0 Å². The lowest BCUT2D eigenvalue weighted by molar-refractivity contribution is -0.158. The Morgan fingerprint density at radius 2 is 2.07 bits per heavy atom. The Hall–Kier alpha value is -0.860. The summed E-state index contributed by atoms with van der Waals surface area (Å²) < 4.78 is 0. The van der Waals surface area contributed by atoms with Crippen molar-refractivity contribution in [1.82, 2.24) is 4.90 Å². The van der Waals surface area contributed by atoms with Gasteiger partial charge in [-0.2, -0.15) is 0 Å². The van der Waals surface area contributed by atoms with Gasteiger partial charge in [0.15, 0.2) is 0 Å². The van der Waals surface area contributed by atoms with Crippen LogP contribution in [-0.4, -0.2) is 23.3 Å². The maximum Gasteiger partial charge on any atom is 0.234 e. The SMILES string of the molecule is CC(C)CC(C)(C)C(=O)N1CCC1=O. The highest BCUT2D eigenvalue weighted by Crippen LogP contribution is 2.29. The molecule has 3 nitrogen and oxygen atoms in total. The summed E-state index contributed by atoms with van der Waals surface area (Å²) in [6.45, 7) is 8.63. The molecule has 1 aliphatic rings. The Morgan fingerprint density at radius 3 is 2.36 bits per heavy atom. The summed E-state index contributed by atoms with van der Waals surface area (Å²) in [5, 5.41) is 0. The van der Waals surface area contributed by atoms with Crippen LogP contribution in [-0.2, 0) is 9.59 Å². The van der Waals surface area contributed by atoms with Crippen LogP contribution in [0.5, 0.6) is 0 Å². The van der Waals surface area contributed by atoms with E-state index in [9.17, 15) is 9.59 Å². The fraction of sp³-hybridized carbons (Fsp3) is 0.818. The Labute approximate surface area is 85.5 Å². The number of likely N-dealkylation sites (tertiary alicyclic amines) is 1. The Morgan fingerprint density at radius 1 is 1.50 bits per heavy atom.